The van der Waals surface area contributed by atoms with Crippen LogP contribution in [0.5, 0.6) is 0 Å². The SMILES string of the molecule is CCCNC(=O)CN(C)CC(=O)NCCc1ccc(C(C)C)cc1. The first-order valence-corrected chi connectivity index (χ1v) is 8.73. The Balaban J connectivity index is 2.24. The third kappa shape index (κ3) is 8.11. The molecule has 0 aliphatic heterocycles. The second-order valence-electron chi connectivity index (χ2n) is 6.52. The van der Waals surface area contributed by atoms with Crippen LogP contribution in [0.15, 0.2) is 24.3 Å². The number of benzene rings is 1. The molecule has 0 saturated carbocycles. The van der Waals surface area contributed by atoms with Gasteiger partial charge >= 0.3 is 0 Å². The van der Waals surface area contributed by atoms with Crippen molar-refractivity contribution in [1.29, 1.82) is 0 Å². The number of carbonyl (C=O) groups excluding carboxylic acids is 2. The van der Waals surface area contributed by atoms with E-state index < -0.39 is 0 Å². The monoisotopic (exact) mass is 333 g/mol. The first-order valence-electron chi connectivity index (χ1n) is 8.73. The van der Waals surface area contributed by atoms with Gasteiger partial charge in [-0.05, 0) is 36.9 Å². The molecule has 1 aromatic carbocycles. The number of hydrogen-bond acceptors (Lipinski definition) is 3. The van der Waals surface area contributed by atoms with Crippen LogP contribution in [0.2, 0.25) is 0 Å². The van der Waals surface area contributed by atoms with Gasteiger partial charge in [-0.1, -0.05) is 45.0 Å². The van der Waals surface area contributed by atoms with Crippen molar-refractivity contribution < 1.29 is 9.59 Å². The van der Waals surface area contributed by atoms with E-state index in [1.54, 1.807) is 11.9 Å². The summed E-state index contributed by atoms with van der Waals surface area (Å²) in [6.45, 7) is 8.11. The maximum absolute atomic E-state index is 11.9. The van der Waals surface area contributed by atoms with Gasteiger partial charge < -0.3 is 10.6 Å². The third-order valence-corrected chi connectivity index (χ3v) is 3.78. The average Bonchev–Trinajstić information content (AvgIpc) is 2.53. The van der Waals surface area contributed by atoms with Crippen molar-refractivity contribution in [2.45, 2.75) is 39.5 Å². The molecule has 0 unspecified atom stereocenters. The minimum atomic E-state index is -0.0559. The Morgan fingerprint density at radius 2 is 1.54 bits per heavy atom. The zero-order valence-corrected chi connectivity index (χ0v) is 15.4. The second kappa shape index (κ2) is 10.8. The van der Waals surface area contributed by atoms with E-state index in [9.17, 15) is 9.59 Å². The highest BCUT2D eigenvalue weighted by Crippen LogP contribution is 2.14. The van der Waals surface area contributed by atoms with E-state index in [2.05, 4.69) is 48.7 Å². The Morgan fingerprint density at radius 1 is 1.00 bits per heavy atom. The van der Waals surface area contributed by atoms with E-state index in [1.165, 1.54) is 11.1 Å². The summed E-state index contributed by atoms with van der Waals surface area (Å²) < 4.78 is 0. The molecule has 0 aliphatic rings. The van der Waals surface area contributed by atoms with Gasteiger partial charge in [0, 0.05) is 13.1 Å². The molecule has 0 atom stereocenters. The quantitative estimate of drug-likeness (QED) is 0.688. The Bertz CT molecular complexity index is 512. The lowest BCUT2D eigenvalue weighted by molar-refractivity contribution is -0.124. The molecule has 2 amide bonds. The number of hydrogen-bond donors (Lipinski definition) is 2. The zero-order valence-electron chi connectivity index (χ0n) is 15.4. The summed E-state index contributed by atoms with van der Waals surface area (Å²) in [5.41, 5.74) is 2.54. The first-order chi connectivity index (χ1) is 11.4. The van der Waals surface area contributed by atoms with Crippen molar-refractivity contribution in [3.05, 3.63) is 35.4 Å². The van der Waals surface area contributed by atoms with Gasteiger partial charge in [-0.2, -0.15) is 0 Å². The van der Waals surface area contributed by atoms with Crippen molar-refractivity contribution in [3.63, 3.8) is 0 Å². The maximum atomic E-state index is 11.9. The van der Waals surface area contributed by atoms with Gasteiger partial charge in [0.1, 0.15) is 0 Å². The van der Waals surface area contributed by atoms with Crippen LogP contribution >= 0.6 is 0 Å². The molecule has 5 heteroatoms. The topological polar surface area (TPSA) is 61.4 Å². The summed E-state index contributed by atoms with van der Waals surface area (Å²) in [5, 5.41) is 5.70. The second-order valence-corrected chi connectivity index (χ2v) is 6.52. The molecule has 0 aliphatic carbocycles. The molecule has 0 aromatic heterocycles. The molecule has 24 heavy (non-hydrogen) atoms. The van der Waals surface area contributed by atoms with Crippen molar-refractivity contribution in [2.75, 3.05) is 33.2 Å². The van der Waals surface area contributed by atoms with Crippen LogP contribution in [0.3, 0.4) is 0 Å². The lowest BCUT2D eigenvalue weighted by Gasteiger charge is -2.16. The smallest absolute Gasteiger partial charge is 0.234 e. The fraction of sp³-hybridized carbons (Fsp3) is 0.579. The van der Waals surface area contributed by atoms with E-state index >= 15 is 0 Å². The molecule has 1 aromatic rings. The maximum Gasteiger partial charge on any atom is 0.234 e. The number of amides is 2. The Kier molecular flexibility index (Phi) is 9.08. The van der Waals surface area contributed by atoms with Crippen LogP contribution in [0.4, 0.5) is 0 Å². The third-order valence-electron chi connectivity index (χ3n) is 3.78. The van der Waals surface area contributed by atoms with Gasteiger partial charge in [0.05, 0.1) is 13.1 Å². The van der Waals surface area contributed by atoms with Crippen LogP contribution in [0.25, 0.3) is 0 Å². The Morgan fingerprint density at radius 3 is 2.04 bits per heavy atom. The summed E-state index contributed by atoms with van der Waals surface area (Å²) in [5.74, 6) is 0.431. The van der Waals surface area contributed by atoms with Crippen LogP contribution < -0.4 is 10.6 Å². The predicted molar refractivity (Wildman–Crippen MR) is 98.0 cm³/mol. The highest BCUT2D eigenvalue weighted by Gasteiger charge is 2.10. The van der Waals surface area contributed by atoms with Gasteiger partial charge in [-0.3, -0.25) is 14.5 Å². The molecule has 0 spiro atoms. The summed E-state index contributed by atoms with van der Waals surface area (Å²) in [7, 11) is 1.77. The standard InChI is InChI=1S/C19H31N3O2/c1-5-11-20-18(23)13-22(4)14-19(24)21-12-10-16-6-8-17(9-7-16)15(2)3/h6-9,15H,5,10-14H2,1-4H3,(H,20,23)(H,21,24). The summed E-state index contributed by atoms with van der Waals surface area (Å²) >= 11 is 0. The molecule has 0 fully saturated rings. The van der Waals surface area contributed by atoms with Gasteiger partial charge in [-0.25, -0.2) is 0 Å². The van der Waals surface area contributed by atoms with Crippen molar-refractivity contribution in [3.8, 4) is 0 Å². The number of carbonyl (C=O) groups is 2. The molecule has 2 N–H and O–H groups in total. The number of nitrogens with zero attached hydrogens (tertiary/aromatic N) is 1. The van der Waals surface area contributed by atoms with Gasteiger partial charge in [0.15, 0.2) is 0 Å². The highest BCUT2D eigenvalue weighted by atomic mass is 16.2. The highest BCUT2D eigenvalue weighted by molar-refractivity contribution is 5.81. The van der Waals surface area contributed by atoms with E-state index in [-0.39, 0.29) is 24.9 Å². The van der Waals surface area contributed by atoms with Gasteiger partial charge in [0.25, 0.3) is 0 Å². The summed E-state index contributed by atoms with van der Waals surface area (Å²) in [6.07, 6.45) is 1.72. The fourth-order valence-corrected chi connectivity index (χ4v) is 2.34. The minimum absolute atomic E-state index is 0.0441. The molecule has 0 heterocycles. The molecule has 0 bridgehead atoms. The van der Waals surface area contributed by atoms with Crippen LogP contribution in [0, 0.1) is 0 Å². The molecular formula is C19H31N3O2. The van der Waals surface area contributed by atoms with E-state index in [0.717, 1.165) is 12.8 Å². The largest absolute Gasteiger partial charge is 0.355 e. The molecule has 134 valence electrons. The lowest BCUT2D eigenvalue weighted by Crippen LogP contribution is -2.41. The number of likely N-dealkylation sites (N-methyl/N-ethyl adjacent to an activating group) is 1. The van der Waals surface area contributed by atoms with Gasteiger partial charge in [0.2, 0.25) is 11.8 Å². The van der Waals surface area contributed by atoms with Crippen molar-refractivity contribution >= 4 is 11.8 Å². The molecule has 0 radical (unpaired) electrons. The fourth-order valence-electron chi connectivity index (χ4n) is 2.34. The van der Waals surface area contributed by atoms with E-state index in [4.69, 9.17) is 0 Å². The molecule has 0 saturated heterocycles. The first kappa shape index (κ1) is 20.2. The minimum Gasteiger partial charge on any atom is -0.355 e. The van der Waals surface area contributed by atoms with Gasteiger partial charge in [-0.15, -0.1) is 0 Å². The van der Waals surface area contributed by atoms with Crippen LogP contribution in [0.1, 0.15) is 44.2 Å². The predicted octanol–water partition coefficient (Wildman–Crippen LogP) is 1.93. The van der Waals surface area contributed by atoms with Crippen LogP contribution in [-0.4, -0.2) is 49.9 Å². The Hall–Kier alpha value is -1.88. The van der Waals surface area contributed by atoms with E-state index in [1.807, 2.05) is 6.92 Å². The molecule has 1 rings (SSSR count). The lowest BCUT2D eigenvalue weighted by atomic mass is 10.0. The zero-order chi connectivity index (χ0) is 17.9. The number of rotatable bonds is 10. The van der Waals surface area contributed by atoms with Crippen LogP contribution in [-0.2, 0) is 16.0 Å². The summed E-state index contributed by atoms with van der Waals surface area (Å²) in [4.78, 5) is 25.2. The van der Waals surface area contributed by atoms with Crippen molar-refractivity contribution in [2.24, 2.45) is 0 Å². The molecule has 5 nitrogen and oxygen atoms in total. The van der Waals surface area contributed by atoms with E-state index in [0.29, 0.717) is 19.0 Å². The average molecular weight is 333 g/mol. The molecular weight excluding hydrogens is 302 g/mol. The normalized spacial score (nSPS) is 10.9. The van der Waals surface area contributed by atoms with Crippen molar-refractivity contribution in [1.82, 2.24) is 15.5 Å². The Labute approximate surface area is 145 Å². The number of nitrogens with one attached hydrogen (secondary N) is 2. The summed E-state index contributed by atoms with van der Waals surface area (Å²) in [6, 6.07) is 8.52.